The SMILES string of the molecule is Nc1cc(CN2CCN(CC3CC3)CC2)ccc1O. The fourth-order valence-corrected chi connectivity index (χ4v) is 2.76. The smallest absolute Gasteiger partial charge is 0.138 e. The molecular weight excluding hydrogens is 238 g/mol. The molecule has 2 fully saturated rings. The van der Waals surface area contributed by atoms with Crippen molar-refractivity contribution < 1.29 is 5.11 Å². The zero-order valence-electron chi connectivity index (χ0n) is 11.4. The van der Waals surface area contributed by atoms with Gasteiger partial charge in [0.2, 0.25) is 0 Å². The molecule has 0 atom stereocenters. The molecule has 1 aromatic carbocycles. The minimum absolute atomic E-state index is 0.179. The molecule has 104 valence electrons. The van der Waals surface area contributed by atoms with Crippen molar-refractivity contribution in [3.05, 3.63) is 23.8 Å². The first-order valence-corrected chi connectivity index (χ1v) is 7.23. The van der Waals surface area contributed by atoms with E-state index in [1.807, 2.05) is 12.1 Å². The van der Waals surface area contributed by atoms with Gasteiger partial charge in [0.05, 0.1) is 5.69 Å². The van der Waals surface area contributed by atoms with E-state index in [9.17, 15) is 5.11 Å². The molecule has 4 nitrogen and oxygen atoms in total. The van der Waals surface area contributed by atoms with Crippen LogP contribution in [0.15, 0.2) is 18.2 Å². The lowest BCUT2D eigenvalue weighted by Crippen LogP contribution is -2.46. The molecule has 3 rings (SSSR count). The number of phenols is 1. The van der Waals surface area contributed by atoms with Crippen LogP contribution in [0.25, 0.3) is 0 Å². The zero-order valence-corrected chi connectivity index (χ0v) is 11.4. The second-order valence-corrected chi connectivity index (χ2v) is 5.91. The largest absolute Gasteiger partial charge is 0.506 e. The van der Waals surface area contributed by atoms with E-state index in [0.29, 0.717) is 5.69 Å². The number of hydrogen-bond acceptors (Lipinski definition) is 4. The number of nitrogen functional groups attached to an aromatic ring is 1. The molecule has 1 aromatic rings. The van der Waals surface area contributed by atoms with E-state index in [0.717, 1.165) is 25.6 Å². The van der Waals surface area contributed by atoms with E-state index in [1.54, 1.807) is 6.07 Å². The number of nitrogens with two attached hydrogens (primary N) is 1. The molecule has 1 saturated carbocycles. The van der Waals surface area contributed by atoms with Crippen LogP contribution < -0.4 is 5.73 Å². The number of phenolic OH excluding ortho intramolecular Hbond substituents is 1. The van der Waals surface area contributed by atoms with Crippen LogP contribution in [-0.4, -0.2) is 47.6 Å². The molecule has 4 heteroatoms. The summed E-state index contributed by atoms with van der Waals surface area (Å²) in [6.45, 7) is 6.87. The summed E-state index contributed by atoms with van der Waals surface area (Å²) in [7, 11) is 0. The van der Waals surface area contributed by atoms with Crippen LogP contribution >= 0.6 is 0 Å². The van der Waals surface area contributed by atoms with Gasteiger partial charge in [-0.2, -0.15) is 0 Å². The molecule has 1 heterocycles. The summed E-state index contributed by atoms with van der Waals surface area (Å²) in [6.07, 6.45) is 2.87. The van der Waals surface area contributed by atoms with Crippen molar-refractivity contribution in [1.29, 1.82) is 0 Å². The van der Waals surface area contributed by atoms with Crippen LogP contribution in [0, 0.1) is 5.92 Å². The number of anilines is 1. The van der Waals surface area contributed by atoms with Crippen molar-refractivity contribution in [2.45, 2.75) is 19.4 Å². The number of rotatable bonds is 4. The van der Waals surface area contributed by atoms with Gasteiger partial charge in [0, 0.05) is 39.3 Å². The lowest BCUT2D eigenvalue weighted by molar-refractivity contribution is 0.123. The standard InChI is InChI=1S/C15H23N3O/c16-14-9-13(3-4-15(14)19)11-18-7-5-17(6-8-18)10-12-1-2-12/h3-4,9,12,19H,1-2,5-8,10-11,16H2. The highest BCUT2D eigenvalue weighted by Crippen LogP contribution is 2.30. The Bertz CT molecular complexity index is 437. The Balaban J connectivity index is 1.49. The lowest BCUT2D eigenvalue weighted by Gasteiger charge is -2.34. The highest BCUT2D eigenvalue weighted by Gasteiger charge is 2.26. The molecule has 0 radical (unpaired) electrons. The highest BCUT2D eigenvalue weighted by atomic mass is 16.3. The summed E-state index contributed by atoms with van der Waals surface area (Å²) in [4.78, 5) is 5.06. The Kier molecular flexibility index (Phi) is 3.62. The molecule has 1 aliphatic heterocycles. The molecule has 2 aliphatic rings. The van der Waals surface area contributed by atoms with Crippen LogP contribution in [-0.2, 0) is 6.54 Å². The summed E-state index contributed by atoms with van der Waals surface area (Å²) in [5.41, 5.74) is 7.40. The quantitative estimate of drug-likeness (QED) is 0.637. The van der Waals surface area contributed by atoms with Crippen molar-refractivity contribution in [3.63, 3.8) is 0 Å². The van der Waals surface area contributed by atoms with Gasteiger partial charge in [0.25, 0.3) is 0 Å². The molecule has 0 unspecified atom stereocenters. The molecule has 19 heavy (non-hydrogen) atoms. The van der Waals surface area contributed by atoms with Crippen molar-refractivity contribution in [3.8, 4) is 5.75 Å². The molecule has 3 N–H and O–H groups in total. The van der Waals surface area contributed by atoms with E-state index in [4.69, 9.17) is 5.73 Å². The fourth-order valence-electron chi connectivity index (χ4n) is 2.76. The van der Waals surface area contributed by atoms with Gasteiger partial charge in [0.15, 0.2) is 0 Å². The van der Waals surface area contributed by atoms with Crippen LogP contribution in [0.3, 0.4) is 0 Å². The maximum Gasteiger partial charge on any atom is 0.138 e. The van der Waals surface area contributed by atoms with E-state index >= 15 is 0 Å². The van der Waals surface area contributed by atoms with Crippen LogP contribution in [0.4, 0.5) is 5.69 Å². The highest BCUT2D eigenvalue weighted by molar-refractivity contribution is 5.53. The summed E-state index contributed by atoms with van der Waals surface area (Å²) in [6, 6.07) is 5.53. The number of benzene rings is 1. The zero-order chi connectivity index (χ0) is 13.2. The molecule has 0 amide bonds. The first-order valence-electron chi connectivity index (χ1n) is 7.23. The Labute approximate surface area is 114 Å². The van der Waals surface area contributed by atoms with Gasteiger partial charge in [-0.25, -0.2) is 0 Å². The van der Waals surface area contributed by atoms with E-state index in [2.05, 4.69) is 9.80 Å². The second-order valence-electron chi connectivity index (χ2n) is 5.91. The minimum atomic E-state index is 0.179. The first-order chi connectivity index (χ1) is 9.20. The predicted octanol–water partition coefficient (Wildman–Crippen LogP) is 1.50. The monoisotopic (exact) mass is 261 g/mol. The van der Waals surface area contributed by atoms with Gasteiger partial charge in [-0.05, 0) is 36.5 Å². The lowest BCUT2D eigenvalue weighted by atomic mass is 10.1. The van der Waals surface area contributed by atoms with Gasteiger partial charge < -0.3 is 15.7 Å². The maximum atomic E-state index is 9.43. The van der Waals surface area contributed by atoms with Crippen LogP contribution in [0.5, 0.6) is 5.75 Å². The van der Waals surface area contributed by atoms with E-state index in [1.165, 1.54) is 38.0 Å². The fraction of sp³-hybridized carbons (Fsp3) is 0.600. The minimum Gasteiger partial charge on any atom is -0.506 e. The van der Waals surface area contributed by atoms with Crippen molar-refractivity contribution in [2.75, 3.05) is 38.5 Å². The number of piperazine rings is 1. The van der Waals surface area contributed by atoms with Crippen molar-refractivity contribution >= 4 is 5.69 Å². The van der Waals surface area contributed by atoms with E-state index in [-0.39, 0.29) is 5.75 Å². The topological polar surface area (TPSA) is 52.7 Å². The van der Waals surface area contributed by atoms with Gasteiger partial charge in [-0.3, -0.25) is 4.90 Å². The molecule has 1 aliphatic carbocycles. The van der Waals surface area contributed by atoms with Crippen LogP contribution in [0.2, 0.25) is 0 Å². The summed E-state index contributed by atoms with van der Waals surface area (Å²) in [5.74, 6) is 1.17. The third-order valence-corrected chi connectivity index (χ3v) is 4.18. The van der Waals surface area contributed by atoms with E-state index < -0.39 is 0 Å². The Morgan fingerprint density at radius 2 is 1.79 bits per heavy atom. The Hall–Kier alpha value is -1.26. The molecular formula is C15H23N3O. The molecule has 0 spiro atoms. The second kappa shape index (κ2) is 5.39. The predicted molar refractivity (Wildman–Crippen MR) is 77.0 cm³/mol. The van der Waals surface area contributed by atoms with Gasteiger partial charge >= 0.3 is 0 Å². The first kappa shape index (κ1) is 12.8. The normalized spacial score (nSPS) is 21.7. The number of hydrogen-bond donors (Lipinski definition) is 2. The van der Waals surface area contributed by atoms with Gasteiger partial charge in [0.1, 0.15) is 5.75 Å². The molecule has 0 bridgehead atoms. The van der Waals surface area contributed by atoms with Crippen molar-refractivity contribution in [2.24, 2.45) is 5.92 Å². The average Bonchev–Trinajstić information content (AvgIpc) is 3.20. The summed E-state index contributed by atoms with van der Waals surface area (Å²) >= 11 is 0. The Morgan fingerprint density at radius 1 is 1.11 bits per heavy atom. The van der Waals surface area contributed by atoms with Gasteiger partial charge in [-0.15, -0.1) is 0 Å². The number of nitrogens with zero attached hydrogens (tertiary/aromatic N) is 2. The average molecular weight is 261 g/mol. The maximum absolute atomic E-state index is 9.43. The number of aromatic hydroxyl groups is 1. The Morgan fingerprint density at radius 3 is 2.42 bits per heavy atom. The molecule has 0 aromatic heterocycles. The van der Waals surface area contributed by atoms with Crippen LogP contribution in [0.1, 0.15) is 18.4 Å². The summed E-state index contributed by atoms with van der Waals surface area (Å²) in [5, 5.41) is 9.43. The third-order valence-electron chi connectivity index (χ3n) is 4.18. The molecule has 1 saturated heterocycles. The van der Waals surface area contributed by atoms with Gasteiger partial charge in [-0.1, -0.05) is 6.07 Å². The third kappa shape index (κ3) is 3.39. The summed E-state index contributed by atoms with van der Waals surface area (Å²) < 4.78 is 0. The van der Waals surface area contributed by atoms with Crippen molar-refractivity contribution in [1.82, 2.24) is 9.80 Å².